The van der Waals surface area contributed by atoms with Gasteiger partial charge in [0.05, 0.1) is 33.4 Å². The summed E-state index contributed by atoms with van der Waals surface area (Å²) >= 11 is 0. The number of hydrogen-bond donors (Lipinski definition) is 1. The van der Waals surface area contributed by atoms with Crippen molar-refractivity contribution in [1.29, 1.82) is 0 Å². The van der Waals surface area contributed by atoms with Crippen molar-refractivity contribution in [2.45, 2.75) is 37.5 Å². The Balaban J connectivity index is 2.53. The van der Waals surface area contributed by atoms with E-state index >= 15 is 0 Å². The van der Waals surface area contributed by atoms with E-state index in [4.69, 9.17) is 4.74 Å². The number of nitrogens with one attached hydrogen (secondary N) is 1. The predicted octanol–water partition coefficient (Wildman–Crippen LogP) is 3.16. The normalized spacial score (nSPS) is 12.0. The van der Waals surface area contributed by atoms with Gasteiger partial charge in [-0.2, -0.15) is 4.31 Å². The fourth-order valence-electron chi connectivity index (χ4n) is 3.03. The third-order valence-corrected chi connectivity index (χ3v) is 8.52. The van der Waals surface area contributed by atoms with E-state index in [1.807, 2.05) is 0 Å². The Bertz CT molecular complexity index is 1140. The molecule has 0 atom stereocenters. The van der Waals surface area contributed by atoms with Gasteiger partial charge in [0, 0.05) is 13.1 Å². The number of ether oxygens (including phenoxy) is 1. The lowest BCUT2D eigenvalue weighted by atomic mass is 10.2. The summed E-state index contributed by atoms with van der Waals surface area (Å²) in [6.45, 7) is 7.64. The number of nitrogens with zero attached hydrogens (tertiary/aromatic N) is 1. The Kier molecular flexibility index (Phi) is 8.21. The number of benzene rings is 2. The second-order valence-electron chi connectivity index (χ2n) is 6.53. The highest BCUT2D eigenvalue weighted by atomic mass is 32.2. The first-order valence-corrected chi connectivity index (χ1v) is 13.1. The van der Waals surface area contributed by atoms with E-state index in [-0.39, 0.29) is 32.5 Å². The zero-order chi connectivity index (χ0) is 23.2. The van der Waals surface area contributed by atoms with Gasteiger partial charge in [0.2, 0.25) is 10.0 Å². The molecule has 1 amide bonds. The highest BCUT2D eigenvalue weighted by Crippen LogP contribution is 2.30. The average Bonchev–Trinajstić information content (AvgIpc) is 2.75. The van der Waals surface area contributed by atoms with E-state index in [1.165, 1.54) is 41.6 Å². The fourth-order valence-corrected chi connectivity index (χ4v) is 5.61. The van der Waals surface area contributed by atoms with Crippen molar-refractivity contribution in [3.63, 3.8) is 0 Å². The quantitative estimate of drug-likeness (QED) is 0.574. The maximum Gasteiger partial charge on any atom is 0.257 e. The van der Waals surface area contributed by atoms with Crippen LogP contribution in [-0.4, -0.2) is 52.5 Å². The third-order valence-electron chi connectivity index (χ3n) is 4.69. The van der Waals surface area contributed by atoms with E-state index < -0.39 is 25.8 Å². The molecule has 0 bridgehead atoms. The van der Waals surface area contributed by atoms with Crippen molar-refractivity contribution in [3.05, 3.63) is 48.0 Å². The number of carbonyl (C=O) groups is 1. The molecule has 170 valence electrons. The second-order valence-corrected chi connectivity index (χ2v) is 10.7. The minimum atomic E-state index is -3.76. The van der Waals surface area contributed by atoms with Crippen molar-refractivity contribution < 1.29 is 26.4 Å². The number of amides is 1. The lowest BCUT2D eigenvalue weighted by Crippen LogP contribution is -2.30. The van der Waals surface area contributed by atoms with E-state index in [1.54, 1.807) is 32.9 Å². The number of carbonyl (C=O) groups excluding carboxylic acids is 1. The molecule has 2 aromatic carbocycles. The molecule has 0 aliphatic rings. The molecule has 2 aromatic rings. The Labute approximate surface area is 184 Å². The molecule has 0 aliphatic heterocycles. The highest BCUT2D eigenvalue weighted by Gasteiger charge is 2.25. The Hall–Kier alpha value is -2.43. The first-order valence-electron chi connectivity index (χ1n) is 10.0. The molecule has 0 fully saturated rings. The van der Waals surface area contributed by atoms with E-state index in [0.717, 1.165) is 0 Å². The van der Waals surface area contributed by atoms with Gasteiger partial charge in [0.25, 0.3) is 5.91 Å². The van der Waals surface area contributed by atoms with Crippen LogP contribution in [-0.2, 0) is 19.9 Å². The molecule has 0 radical (unpaired) electrons. The predicted molar refractivity (Wildman–Crippen MR) is 120 cm³/mol. The van der Waals surface area contributed by atoms with Gasteiger partial charge in [0.15, 0.2) is 9.84 Å². The van der Waals surface area contributed by atoms with E-state index in [0.29, 0.717) is 19.7 Å². The summed E-state index contributed by atoms with van der Waals surface area (Å²) in [5, 5.41) is 2.62. The van der Waals surface area contributed by atoms with Crippen molar-refractivity contribution >= 4 is 31.5 Å². The molecule has 0 saturated heterocycles. The summed E-state index contributed by atoms with van der Waals surface area (Å²) in [6, 6.07) is 10.1. The van der Waals surface area contributed by atoms with Crippen LogP contribution in [0.15, 0.2) is 52.3 Å². The largest absolute Gasteiger partial charge is 0.492 e. The van der Waals surface area contributed by atoms with Crippen LogP contribution in [0.3, 0.4) is 0 Å². The van der Waals surface area contributed by atoms with Crippen LogP contribution in [0.2, 0.25) is 0 Å². The van der Waals surface area contributed by atoms with Crippen LogP contribution in [0.25, 0.3) is 0 Å². The number of hydrogen-bond acceptors (Lipinski definition) is 6. The summed E-state index contributed by atoms with van der Waals surface area (Å²) in [5.41, 5.74) is 0.118. The molecule has 0 unspecified atom stereocenters. The molecule has 0 heterocycles. The topological polar surface area (TPSA) is 110 Å². The molecule has 0 saturated carbocycles. The van der Waals surface area contributed by atoms with Gasteiger partial charge in [-0.1, -0.05) is 32.9 Å². The molecule has 1 N–H and O–H groups in total. The second kappa shape index (κ2) is 10.3. The summed E-state index contributed by atoms with van der Waals surface area (Å²) in [4.78, 5) is 12.9. The van der Waals surface area contributed by atoms with E-state index in [9.17, 15) is 21.6 Å². The van der Waals surface area contributed by atoms with Gasteiger partial charge < -0.3 is 10.1 Å². The van der Waals surface area contributed by atoms with Gasteiger partial charge in [-0.05, 0) is 37.3 Å². The lowest BCUT2D eigenvalue weighted by Gasteiger charge is -2.20. The highest BCUT2D eigenvalue weighted by molar-refractivity contribution is 7.91. The molecule has 31 heavy (non-hydrogen) atoms. The molecule has 0 aromatic heterocycles. The zero-order valence-electron chi connectivity index (χ0n) is 18.1. The molecular weight excluding hydrogens is 440 g/mol. The lowest BCUT2D eigenvalue weighted by molar-refractivity contribution is 0.102. The monoisotopic (exact) mass is 468 g/mol. The molecule has 0 spiro atoms. The maximum absolute atomic E-state index is 13.0. The van der Waals surface area contributed by atoms with E-state index in [2.05, 4.69) is 5.32 Å². The minimum Gasteiger partial charge on any atom is -0.492 e. The van der Waals surface area contributed by atoms with Crippen molar-refractivity contribution in [2.75, 3.05) is 30.8 Å². The van der Waals surface area contributed by atoms with Gasteiger partial charge in [0.1, 0.15) is 5.75 Å². The van der Waals surface area contributed by atoms with Crippen molar-refractivity contribution in [1.82, 2.24) is 4.31 Å². The molecular formula is C21H28N2O6S2. The molecule has 0 aliphatic carbocycles. The average molecular weight is 469 g/mol. The summed E-state index contributed by atoms with van der Waals surface area (Å²) in [6.07, 6.45) is 0. The van der Waals surface area contributed by atoms with Gasteiger partial charge in [-0.15, -0.1) is 0 Å². The standard InChI is InChI=1S/C21H28N2O6S2/c1-5-23(6-2)31(27,28)16-13-14-19(29-7-3)18(15-16)22-21(24)17-11-9-10-12-20(17)30(25,26)8-4/h9-15H,5-8H2,1-4H3,(H,22,24). The Morgan fingerprint density at radius 3 is 2.19 bits per heavy atom. The molecule has 10 heteroatoms. The Morgan fingerprint density at radius 2 is 1.61 bits per heavy atom. The summed E-state index contributed by atoms with van der Waals surface area (Å²) in [7, 11) is -7.39. The van der Waals surface area contributed by atoms with Crippen LogP contribution >= 0.6 is 0 Å². The summed E-state index contributed by atoms with van der Waals surface area (Å²) < 4.78 is 57.4. The van der Waals surface area contributed by atoms with Crippen molar-refractivity contribution in [2.24, 2.45) is 0 Å². The fraction of sp³-hybridized carbons (Fsp3) is 0.381. The van der Waals surface area contributed by atoms with Gasteiger partial charge in [-0.3, -0.25) is 4.79 Å². The smallest absolute Gasteiger partial charge is 0.257 e. The third kappa shape index (κ3) is 5.44. The van der Waals surface area contributed by atoms with Crippen molar-refractivity contribution in [3.8, 4) is 5.75 Å². The van der Waals surface area contributed by atoms with Crippen LogP contribution in [0.4, 0.5) is 5.69 Å². The number of sulfonamides is 1. The zero-order valence-corrected chi connectivity index (χ0v) is 19.7. The molecule has 2 rings (SSSR count). The number of sulfone groups is 1. The van der Waals surface area contributed by atoms with Crippen LogP contribution in [0, 0.1) is 0 Å². The van der Waals surface area contributed by atoms with Gasteiger partial charge >= 0.3 is 0 Å². The van der Waals surface area contributed by atoms with Crippen LogP contribution in [0.1, 0.15) is 38.1 Å². The number of anilines is 1. The first-order chi connectivity index (χ1) is 14.6. The SMILES string of the molecule is CCOc1ccc(S(=O)(=O)N(CC)CC)cc1NC(=O)c1ccccc1S(=O)(=O)CC. The summed E-state index contributed by atoms with van der Waals surface area (Å²) in [5.74, 6) is -0.546. The van der Waals surface area contributed by atoms with Gasteiger partial charge in [-0.25, -0.2) is 16.8 Å². The Morgan fingerprint density at radius 1 is 0.968 bits per heavy atom. The minimum absolute atomic E-state index is 0.00409. The molecule has 8 nitrogen and oxygen atoms in total. The van der Waals surface area contributed by atoms with Crippen LogP contribution in [0.5, 0.6) is 5.75 Å². The number of rotatable bonds is 10. The van der Waals surface area contributed by atoms with Crippen LogP contribution < -0.4 is 10.1 Å². The first kappa shape index (κ1) is 24.8. The maximum atomic E-state index is 13.0.